The van der Waals surface area contributed by atoms with Gasteiger partial charge in [-0.05, 0) is 53.4 Å². The normalized spacial score (nSPS) is 16.9. The van der Waals surface area contributed by atoms with E-state index in [9.17, 15) is 14.0 Å². The number of fused-ring (bicyclic) bond motifs is 2. The second-order valence-corrected chi connectivity index (χ2v) is 9.37. The molecule has 1 atom stereocenters. The lowest BCUT2D eigenvalue weighted by atomic mass is 9.99. The molecule has 0 spiro atoms. The summed E-state index contributed by atoms with van der Waals surface area (Å²) >= 11 is 1.57. The SMILES string of the molecule is O=C1Nc2cc(C(=O)N3CCc4ccccc4C3)ccc2N[C@H]1CSCc1cccc(F)c1. The van der Waals surface area contributed by atoms with E-state index in [2.05, 4.69) is 22.8 Å². The van der Waals surface area contributed by atoms with Gasteiger partial charge in [0.15, 0.2) is 0 Å². The van der Waals surface area contributed by atoms with Crippen LogP contribution in [0.2, 0.25) is 0 Å². The third-order valence-corrected chi connectivity index (χ3v) is 7.14. The topological polar surface area (TPSA) is 61.4 Å². The van der Waals surface area contributed by atoms with E-state index in [1.807, 2.05) is 35.2 Å². The van der Waals surface area contributed by atoms with Gasteiger partial charge < -0.3 is 15.5 Å². The van der Waals surface area contributed by atoms with Gasteiger partial charge >= 0.3 is 0 Å². The first-order valence-electron chi connectivity index (χ1n) is 11.0. The molecule has 168 valence electrons. The molecule has 7 heteroatoms. The van der Waals surface area contributed by atoms with Gasteiger partial charge in [0, 0.05) is 30.2 Å². The van der Waals surface area contributed by atoms with E-state index in [-0.39, 0.29) is 17.6 Å². The monoisotopic (exact) mass is 461 g/mol. The number of anilines is 2. The molecule has 5 rings (SSSR count). The van der Waals surface area contributed by atoms with Gasteiger partial charge in [0.05, 0.1) is 11.4 Å². The highest BCUT2D eigenvalue weighted by Crippen LogP contribution is 2.30. The van der Waals surface area contributed by atoms with Crippen LogP contribution in [0, 0.1) is 5.82 Å². The smallest absolute Gasteiger partial charge is 0.254 e. The quantitative estimate of drug-likeness (QED) is 0.579. The lowest BCUT2D eigenvalue weighted by Crippen LogP contribution is -2.41. The van der Waals surface area contributed by atoms with Crippen LogP contribution in [0.1, 0.15) is 27.0 Å². The van der Waals surface area contributed by atoms with E-state index >= 15 is 0 Å². The Hall–Kier alpha value is -3.32. The van der Waals surface area contributed by atoms with E-state index in [0.717, 1.165) is 17.7 Å². The Morgan fingerprint density at radius 3 is 2.73 bits per heavy atom. The van der Waals surface area contributed by atoms with Gasteiger partial charge in [0.25, 0.3) is 5.91 Å². The van der Waals surface area contributed by atoms with Gasteiger partial charge in [-0.2, -0.15) is 11.8 Å². The molecule has 33 heavy (non-hydrogen) atoms. The summed E-state index contributed by atoms with van der Waals surface area (Å²) in [4.78, 5) is 27.6. The summed E-state index contributed by atoms with van der Waals surface area (Å²) in [5.41, 5.74) is 5.35. The third-order valence-electron chi connectivity index (χ3n) is 6.03. The van der Waals surface area contributed by atoms with Crippen molar-refractivity contribution >= 4 is 35.0 Å². The number of hydrogen-bond acceptors (Lipinski definition) is 4. The fourth-order valence-corrected chi connectivity index (χ4v) is 5.27. The van der Waals surface area contributed by atoms with Crippen LogP contribution >= 0.6 is 11.8 Å². The lowest BCUT2D eigenvalue weighted by molar-refractivity contribution is -0.116. The van der Waals surface area contributed by atoms with E-state index in [1.165, 1.54) is 23.3 Å². The maximum Gasteiger partial charge on any atom is 0.254 e. The summed E-state index contributed by atoms with van der Waals surface area (Å²) in [7, 11) is 0. The van der Waals surface area contributed by atoms with E-state index < -0.39 is 6.04 Å². The molecular formula is C26H24FN3O2S. The highest BCUT2D eigenvalue weighted by molar-refractivity contribution is 7.98. The zero-order chi connectivity index (χ0) is 22.8. The maximum atomic E-state index is 13.3. The van der Waals surface area contributed by atoms with Crippen molar-refractivity contribution in [3.05, 3.63) is 94.8 Å². The van der Waals surface area contributed by atoms with Crippen molar-refractivity contribution in [2.24, 2.45) is 0 Å². The molecule has 0 aromatic heterocycles. The van der Waals surface area contributed by atoms with E-state index in [4.69, 9.17) is 0 Å². The number of carbonyl (C=O) groups is 2. The number of carbonyl (C=O) groups excluding carboxylic acids is 2. The molecule has 3 aromatic carbocycles. The molecule has 0 saturated carbocycles. The first kappa shape index (κ1) is 21.5. The Kier molecular flexibility index (Phi) is 6.05. The van der Waals surface area contributed by atoms with Crippen LogP contribution in [0.4, 0.5) is 15.8 Å². The lowest BCUT2D eigenvalue weighted by Gasteiger charge is -2.30. The summed E-state index contributed by atoms with van der Waals surface area (Å²) in [6, 6.07) is 19.7. The molecule has 2 amide bonds. The van der Waals surface area contributed by atoms with Crippen molar-refractivity contribution < 1.29 is 14.0 Å². The van der Waals surface area contributed by atoms with Gasteiger partial charge in [-0.15, -0.1) is 0 Å². The predicted molar refractivity (Wildman–Crippen MR) is 130 cm³/mol. The summed E-state index contributed by atoms with van der Waals surface area (Å²) < 4.78 is 13.3. The summed E-state index contributed by atoms with van der Waals surface area (Å²) in [6.45, 7) is 1.28. The van der Waals surface area contributed by atoms with Gasteiger partial charge in [0.1, 0.15) is 11.9 Å². The van der Waals surface area contributed by atoms with Crippen molar-refractivity contribution in [1.29, 1.82) is 0 Å². The van der Waals surface area contributed by atoms with Crippen molar-refractivity contribution in [3.63, 3.8) is 0 Å². The van der Waals surface area contributed by atoms with Crippen LogP contribution in [0.25, 0.3) is 0 Å². The van der Waals surface area contributed by atoms with Crippen LogP contribution in [0.15, 0.2) is 66.7 Å². The number of nitrogens with one attached hydrogen (secondary N) is 2. The Bertz CT molecular complexity index is 1220. The predicted octanol–water partition coefficient (Wildman–Crippen LogP) is 4.69. The second-order valence-electron chi connectivity index (χ2n) is 8.34. The average Bonchev–Trinajstić information content (AvgIpc) is 2.83. The van der Waals surface area contributed by atoms with Crippen molar-refractivity contribution in [2.75, 3.05) is 22.9 Å². The zero-order valence-corrected chi connectivity index (χ0v) is 18.8. The summed E-state index contributed by atoms with van der Waals surface area (Å²) in [6.07, 6.45) is 0.847. The minimum Gasteiger partial charge on any atom is -0.371 e. The molecule has 0 bridgehead atoms. The van der Waals surface area contributed by atoms with Crippen molar-refractivity contribution in [3.8, 4) is 0 Å². The molecule has 0 aliphatic carbocycles. The molecule has 2 heterocycles. The molecule has 5 nitrogen and oxygen atoms in total. The number of nitrogens with zero attached hydrogens (tertiary/aromatic N) is 1. The molecule has 2 N–H and O–H groups in total. The minimum atomic E-state index is -0.392. The van der Waals surface area contributed by atoms with Crippen molar-refractivity contribution in [1.82, 2.24) is 4.90 Å². The van der Waals surface area contributed by atoms with Crippen LogP contribution in [-0.2, 0) is 23.5 Å². The Morgan fingerprint density at radius 1 is 1.03 bits per heavy atom. The molecule has 0 radical (unpaired) electrons. The van der Waals surface area contributed by atoms with Crippen LogP contribution in [0.5, 0.6) is 0 Å². The Morgan fingerprint density at radius 2 is 1.88 bits per heavy atom. The fourth-order valence-electron chi connectivity index (χ4n) is 4.27. The molecular weight excluding hydrogens is 437 g/mol. The number of halogens is 1. The van der Waals surface area contributed by atoms with Gasteiger partial charge in [0.2, 0.25) is 5.91 Å². The van der Waals surface area contributed by atoms with Crippen LogP contribution in [0.3, 0.4) is 0 Å². The minimum absolute atomic E-state index is 0.0330. The molecule has 0 fully saturated rings. The number of benzene rings is 3. The maximum absolute atomic E-state index is 13.3. The first-order chi connectivity index (χ1) is 16.1. The first-order valence-corrected chi connectivity index (χ1v) is 12.1. The molecule has 0 saturated heterocycles. The third kappa shape index (κ3) is 4.73. The van der Waals surface area contributed by atoms with E-state index in [1.54, 1.807) is 23.9 Å². The fraction of sp³-hybridized carbons (Fsp3) is 0.231. The van der Waals surface area contributed by atoms with Crippen molar-refractivity contribution in [2.45, 2.75) is 24.8 Å². The standard InChI is InChI=1S/C26H24FN3O2S/c27-21-7-3-4-17(12-21)15-33-16-24-25(31)29-23-13-19(8-9-22(23)28-24)26(32)30-11-10-18-5-1-2-6-20(18)14-30/h1-9,12-13,24,28H,10-11,14-16H2,(H,29,31)/t24-/m0/s1. The largest absolute Gasteiger partial charge is 0.371 e. The summed E-state index contributed by atoms with van der Waals surface area (Å²) in [5.74, 6) is 0.757. The Labute approximate surface area is 196 Å². The molecule has 2 aliphatic rings. The number of thioether (sulfide) groups is 1. The number of amides is 2. The number of rotatable bonds is 5. The highest BCUT2D eigenvalue weighted by atomic mass is 32.2. The summed E-state index contributed by atoms with van der Waals surface area (Å²) in [5, 5.41) is 6.21. The highest BCUT2D eigenvalue weighted by Gasteiger charge is 2.27. The second kappa shape index (κ2) is 9.27. The van der Waals surface area contributed by atoms with Gasteiger partial charge in [-0.1, -0.05) is 36.4 Å². The Balaban J connectivity index is 1.22. The van der Waals surface area contributed by atoms with E-state index in [0.29, 0.717) is 35.8 Å². The molecule has 0 unspecified atom stereocenters. The number of hydrogen-bond donors (Lipinski definition) is 2. The average molecular weight is 462 g/mol. The molecule has 3 aromatic rings. The van der Waals surface area contributed by atoms with Crippen LogP contribution in [-0.4, -0.2) is 35.1 Å². The van der Waals surface area contributed by atoms with Gasteiger partial charge in [-0.25, -0.2) is 4.39 Å². The molecule has 2 aliphatic heterocycles. The van der Waals surface area contributed by atoms with Crippen LogP contribution < -0.4 is 10.6 Å². The van der Waals surface area contributed by atoms with Gasteiger partial charge in [-0.3, -0.25) is 9.59 Å². The zero-order valence-electron chi connectivity index (χ0n) is 18.0.